The number of likely N-dealkylation sites (tertiary alicyclic amines) is 1. The summed E-state index contributed by atoms with van der Waals surface area (Å²) in [6.07, 6.45) is 3.83. The molecule has 3 heterocycles. The second kappa shape index (κ2) is 6.73. The molecule has 0 saturated carbocycles. The lowest BCUT2D eigenvalue weighted by atomic mass is 9.94. The van der Waals surface area contributed by atoms with E-state index in [0.717, 1.165) is 25.9 Å². The van der Waals surface area contributed by atoms with Gasteiger partial charge in [-0.1, -0.05) is 0 Å². The number of nitriles is 1. The van der Waals surface area contributed by atoms with Gasteiger partial charge >= 0.3 is 0 Å². The molecule has 3 rings (SSSR count). The first kappa shape index (κ1) is 14.8. The Balaban J connectivity index is 1.48. The third kappa shape index (κ3) is 3.35. The summed E-state index contributed by atoms with van der Waals surface area (Å²) in [5.41, 5.74) is 1.71. The average Bonchev–Trinajstić information content (AvgIpc) is 3.19. The third-order valence-corrected chi connectivity index (χ3v) is 4.79. The molecular formula is C15H17N5OS. The molecule has 2 aromatic heterocycles. The first-order valence-electron chi connectivity index (χ1n) is 7.25. The van der Waals surface area contributed by atoms with Crippen molar-refractivity contribution in [3.05, 3.63) is 35.0 Å². The highest BCUT2D eigenvalue weighted by Crippen LogP contribution is 2.26. The third-order valence-electron chi connectivity index (χ3n) is 3.96. The number of nitrogens with one attached hydrogen (secondary N) is 2. The Bertz CT molecular complexity index is 664. The van der Waals surface area contributed by atoms with Gasteiger partial charge in [0, 0.05) is 17.8 Å². The standard InChI is InChI=1S/C15H17N5OS/c16-9-12-4-8-22-15(12)18-14(21)10-20-6-2-11(3-7-20)13-1-5-17-19-13/h1,4-5,8,11H,2-3,6-7,10H2,(H,17,19)(H,18,21). The Hall–Kier alpha value is -2.17. The zero-order valence-corrected chi connectivity index (χ0v) is 12.9. The number of piperidine rings is 1. The smallest absolute Gasteiger partial charge is 0.239 e. The molecule has 22 heavy (non-hydrogen) atoms. The van der Waals surface area contributed by atoms with Crippen LogP contribution < -0.4 is 5.32 Å². The molecule has 0 atom stereocenters. The topological polar surface area (TPSA) is 84.8 Å². The fourth-order valence-corrected chi connectivity index (χ4v) is 3.51. The molecule has 1 amide bonds. The van der Waals surface area contributed by atoms with E-state index in [1.165, 1.54) is 17.0 Å². The van der Waals surface area contributed by atoms with Crippen LogP contribution in [0.15, 0.2) is 23.7 Å². The van der Waals surface area contributed by atoms with Crippen molar-refractivity contribution in [2.45, 2.75) is 18.8 Å². The first-order valence-corrected chi connectivity index (χ1v) is 8.13. The number of hydrogen-bond acceptors (Lipinski definition) is 5. The molecule has 7 heteroatoms. The Labute approximate surface area is 132 Å². The molecule has 0 aliphatic carbocycles. The van der Waals surface area contributed by atoms with Crippen molar-refractivity contribution in [3.63, 3.8) is 0 Å². The van der Waals surface area contributed by atoms with E-state index in [-0.39, 0.29) is 5.91 Å². The molecule has 0 radical (unpaired) electrons. The van der Waals surface area contributed by atoms with Crippen LogP contribution >= 0.6 is 11.3 Å². The number of carbonyl (C=O) groups excluding carboxylic acids is 1. The fourth-order valence-electron chi connectivity index (χ4n) is 2.76. The van der Waals surface area contributed by atoms with Crippen molar-refractivity contribution in [2.24, 2.45) is 0 Å². The maximum Gasteiger partial charge on any atom is 0.239 e. The van der Waals surface area contributed by atoms with Gasteiger partial charge in [0.25, 0.3) is 0 Å². The van der Waals surface area contributed by atoms with Crippen LogP contribution in [-0.2, 0) is 4.79 Å². The van der Waals surface area contributed by atoms with Gasteiger partial charge in [-0.25, -0.2) is 0 Å². The maximum atomic E-state index is 12.1. The lowest BCUT2D eigenvalue weighted by Gasteiger charge is -2.30. The van der Waals surface area contributed by atoms with E-state index in [9.17, 15) is 4.79 Å². The van der Waals surface area contributed by atoms with Gasteiger partial charge < -0.3 is 5.32 Å². The summed E-state index contributed by atoms with van der Waals surface area (Å²) in [5.74, 6) is 0.447. The summed E-state index contributed by atoms with van der Waals surface area (Å²) in [4.78, 5) is 14.2. The Morgan fingerprint density at radius 2 is 2.32 bits per heavy atom. The van der Waals surface area contributed by atoms with Crippen LogP contribution in [0.4, 0.5) is 5.00 Å². The number of aromatic amines is 1. The quantitative estimate of drug-likeness (QED) is 0.905. The lowest BCUT2D eigenvalue weighted by Crippen LogP contribution is -2.38. The van der Waals surface area contributed by atoms with Crippen molar-refractivity contribution in [2.75, 3.05) is 25.0 Å². The number of amides is 1. The zero-order valence-electron chi connectivity index (χ0n) is 12.1. The van der Waals surface area contributed by atoms with Gasteiger partial charge in [-0.2, -0.15) is 10.4 Å². The number of aromatic nitrogens is 2. The molecule has 1 aliphatic heterocycles. The zero-order chi connectivity index (χ0) is 15.4. The van der Waals surface area contributed by atoms with Gasteiger partial charge in [-0.05, 0) is 43.4 Å². The summed E-state index contributed by atoms with van der Waals surface area (Å²) >= 11 is 1.38. The summed E-state index contributed by atoms with van der Waals surface area (Å²) in [5, 5.41) is 21.2. The average molecular weight is 315 g/mol. The molecule has 0 bridgehead atoms. The Morgan fingerprint density at radius 1 is 1.50 bits per heavy atom. The molecular weight excluding hydrogens is 298 g/mol. The maximum absolute atomic E-state index is 12.1. The summed E-state index contributed by atoms with van der Waals surface area (Å²) in [6.45, 7) is 2.16. The summed E-state index contributed by atoms with van der Waals surface area (Å²) in [6, 6.07) is 5.82. The van der Waals surface area contributed by atoms with Gasteiger partial charge in [-0.3, -0.25) is 14.8 Å². The fraction of sp³-hybridized carbons (Fsp3) is 0.400. The Morgan fingerprint density at radius 3 is 3.00 bits per heavy atom. The number of rotatable bonds is 4. The Kier molecular flexibility index (Phi) is 4.51. The molecule has 1 saturated heterocycles. The second-order valence-electron chi connectivity index (χ2n) is 5.39. The summed E-state index contributed by atoms with van der Waals surface area (Å²) < 4.78 is 0. The minimum atomic E-state index is -0.0565. The number of H-pyrrole nitrogens is 1. The van der Waals surface area contributed by atoms with E-state index < -0.39 is 0 Å². The van der Waals surface area contributed by atoms with Crippen LogP contribution in [0.2, 0.25) is 0 Å². The van der Waals surface area contributed by atoms with Gasteiger partial charge in [0.2, 0.25) is 5.91 Å². The highest BCUT2D eigenvalue weighted by Gasteiger charge is 2.23. The molecule has 2 N–H and O–H groups in total. The SMILES string of the molecule is N#Cc1ccsc1NC(=O)CN1CCC(c2ccn[nH]2)CC1. The van der Waals surface area contributed by atoms with E-state index in [4.69, 9.17) is 5.26 Å². The molecule has 6 nitrogen and oxygen atoms in total. The van der Waals surface area contributed by atoms with Crippen LogP contribution in [0.25, 0.3) is 0 Å². The molecule has 1 aliphatic rings. The summed E-state index contributed by atoms with van der Waals surface area (Å²) in [7, 11) is 0. The monoisotopic (exact) mass is 315 g/mol. The number of carbonyl (C=O) groups is 1. The molecule has 0 spiro atoms. The largest absolute Gasteiger partial charge is 0.315 e. The van der Waals surface area contributed by atoms with Crippen LogP contribution in [0.1, 0.15) is 30.0 Å². The van der Waals surface area contributed by atoms with Gasteiger partial charge in [0.05, 0.1) is 12.1 Å². The van der Waals surface area contributed by atoms with Gasteiger partial charge in [0.15, 0.2) is 0 Å². The number of anilines is 1. The minimum absolute atomic E-state index is 0.0565. The van der Waals surface area contributed by atoms with Crippen molar-refractivity contribution in [1.82, 2.24) is 15.1 Å². The van der Waals surface area contributed by atoms with Crippen molar-refractivity contribution < 1.29 is 4.79 Å². The van der Waals surface area contributed by atoms with Crippen molar-refractivity contribution in [1.29, 1.82) is 5.26 Å². The van der Waals surface area contributed by atoms with Crippen molar-refractivity contribution in [3.8, 4) is 6.07 Å². The van der Waals surface area contributed by atoms with E-state index in [2.05, 4.69) is 26.5 Å². The van der Waals surface area contributed by atoms with Crippen LogP contribution in [0.5, 0.6) is 0 Å². The number of nitrogens with zero attached hydrogens (tertiary/aromatic N) is 3. The van der Waals surface area contributed by atoms with Crippen LogP contribution in [0, 0.1) is 11.3 Å². The predicted octanol–water partition coefficient (Wildman–Crippen LogP) is 2.16. The van der Waals surface area contributed by atoms with Crippen molar-refractivity contribution >= 4 is 22.2 Å². The lowest BCUT2D eigenvalue weighted by molar-refractivity contribution is -0.117. The van der Waals surface area contributed by atoms with E-state index in [1.807, 2.05) is 11.4 Å². The molecule has 114 valence electrons. The highest BCUT2D eigenvalue weighted by molar-refractivity contribution is 7.14. The first-order chi connectivity index (χ1) is 10.8. The predicted molar refractivity (Wildman–Crippen MR) is 84.7 cm³/mol. The normalized spacial score (nSPS) is 16.3. The van der Waals surface area contributed by atoms with E-state index >= 15 is 0 Å². The molecule has 0 aromatic carbocycles. The number of thiophene rings is 1. The molecule has 0 unspecified atom stereocenters. The second-order valence-corrected chi connectivity index (χ2v) is 6.30. The molecule has 2 aromatic rings. The molecule has 1 fully saturated rings. The van der Waals surface area contributed by atoms with E-state index in [1.54, 1.807) is 12.3 Å². The van der Waals surface area contributed by atoms with Gasteiger partial charge in [0.1, 0.15) is 11.1 Å². The van der Waals surface area contributed by atoms with Crippen LogP contribution in [-0.4, -0.2) is 40.6 Å². The van der Waals surface area contributed by atoms with Gasteiger partial charge in [-0.15, -0.1) is 11.3 Å². The number of hydrogen-bond donors (Lipinski definition) is 2. The highest BCUT2D eigenvalue weighted by atomic mass is 32.1. The van der Waals surface area contributed by atoms with E-state index in [0.29, 0.717) is 23.0 Å². The minimum Gasteiger partial charge on any atom is -0.315 e. The van der Waals surface area contributed by atoms with Crippen LogP contribution in [0.3, 0.4) is 0 Å².